The molecule has 1 aromatic heterocycles. The molecule has 0 amide bonds. The van der Waals surface area contributed by atoms with Gasteiger partial charge in [-0.15, -0.1) is 0 Å². The van der Waals surface area contributed by atoms with Crippen LogP contribution in [0.4, 0.5) is 30.6 Å². The minimum Gasteiger partial charge on any atom is -0.372 e. The Balaban J connectivity index is 0. The molecule has 0 saturated carbocycles. The predicted molar refractivity (Wildman–Crippen MR) is 226 cm³/mol. The van der Waals surface area contributed by atoms with E-state index in [-0.39, 0.29) is 17.2 Å². The molecule has 1 saturated heterocycles. The molecule has 1 aliphatic heterocycles. The third-order valence-corrected chi connectivity index (χ3v) is 8.44. The van der Waals surface area contributed by atoms with Crippen LogP contribution in [0, 0.1) is 18.3 Å². The Kier molecular flexibility index (Phi) is 29.1. The van der Waals surface area contributed by atoms with E-state index in [4.69, 9.17) is 0 Å². The average Bonchev–Trinajstić information content (AvgIpc) is 3.11. The van der Waals surface area contributed by atoms with Gasteiger partial charge < -0.3 is 25.8 Å². The zero-order chi connectivity index (χ0) is 41.0. The molecule has 1 aliphatic rings. The van der Waals surface area contributed by atoms with Crippen LogP contribution in [0.5, 0.6) is 0 Å². The Morgan fingerprint density at radius 1 is 0.962 bits per heavy atom. The standard InChI is InChI=1S/C24H33F3N6.C8H18.C7H17N.2C2H6/c1-6-18-11-16(2)7-8-20(18)31-22-29-13-19(24(25,26)27)21(32-22)30-14-23(4,5)15-33-10-9-28-12-17(33)3;2*1-4-6-8(3)7-5-2;2*1-2/h7-8,11,13,28H,3,6,9-10,12,14-15H2,1-2,4-5H3,(H2,29,30,31,32);8H,4-7H2,1-3H3;4-7H2,1-3H3;2*1-2H3. The fourth-order valence-electron chi connectivity index (χ4n) is 5.85. The maximum Gasteiger partial charge on any atom is 0.421 e. The minimum absolute atomic E-state index is 0.123. The van der Waals surface area contributed by atoms with Crippen LogP contribution in [0.3, 0.4) is 0 Å². The summed E-state index contributed by atoms with van der Waals surface area (Å²) in [6.45, 7) is 37.3. The van der Waals surface area contributed by atoms with Crippen LogP contribution in [-0.4, -0.2) is 72.6 Å². The van der Waals surface area contributed by atoms with Gasteiger partial charge in [0.15, 0.2) is 0 Å². The summed E-state index contributed by atoms with van der Waals surface area (Å²) >= 11 is 0. The molecular formula is C43H80F3N7. The first-order valence-electron chi connectivity index (χ1n) is 20.5. The molecule has 0 aliphatic carbocycles. The zero-order valence-electron chi connectivity index (χ0n) is 36.4. The summed E-state index contributed by atoms with van der Waals surface area (Å²) in [6, 6.07) is 5.88. The number of rotatable bonds is 16. The highest BCUT2D eigenvalue weighted by atomic mass is 19.4. The molecule has 3 N–H and O–H groups in total. The van der Waals surface area contributed by atoms with Crippen molar-refractivity contribution in [2.75, 3.05) is 63.5 Å². The van der Waals surface area contributed by atoms with Crippen LogP contribution in [0.25, 0.3) is 0 Å². The van der Waals surface area contributed by atoms with Crippen LogP contribution < -0.4 is 16.0 Å². The molecule has 0 unspecified atom stereocenters. The Bertz CT molecular complexity index is 1190. The van der Waals surface area contributed by atoms with E-state index in [0.717, 1.165) is 60.7 Å². The average molecular weight is 752 g/mol. The lowest BCUT2D eigenvalue weighted by atomic mass is 9.92. The van der Waals surface area contributed by atoms with Gasteiger partial charge in [-0.25, -0.2) is 4.98 Å². The maximum atomic E-state index is 13.6. The number of benzene rings is 1. The van der Waals surface area contributed by atoms with Gasteiger partial charge in [0.05, 0.1) is 0 Å². The summed E-state index contributed by atoms with van der Waals surface area (Å²) in [5, 5.41) is 9.29. The van der Waals surface area contributed by atoms with Crippen molar-refractivity contribution in [3.05, 3.63) is 53.4 Å². The first-order valence-corrected chi connectivity index (χ1v) is 20.5. The fourth-order valence-corrected chi connectivity index (χ4v) is 5.85. The first-order chi connectivity index (χ1) is 25.1. The van der Waals surface area contributed by atoms with Gasteiger partial charge in [0.25, 0.3) is 0 Å². The molecule has 10 heteroatoms. The second-order valence-corrected chi connectivity index (χ2v) is 14.3. The van der Waals surface area contributed by atoms with Gasteiger partial charge in [0, 0.05) is 50.3 Å². The first kappa shape index (κ1) is 52.3. The molecule has 2 heterocycles. The van der Waals surface area contributed by atoms with Crippen molar-refractivity contribution < 1.29 is 13.2 Å². The molecule has 308 valence electrons. The number of halogens is 3. The zero-order valence-corrected chi connectivity index (χ0v) is 36.4. The quantitative estimate of drug-likeness (QED) is 0.158. The number of alkyl halides is 3. The third kappa shape index (κ3) is 22.9. The molecular weight excluding hydrogens is 672 g/mol. The van der Waals surface area contributed by atoms with E-state index in [9.17, 15) is 13.2 Å². The van der Waals surface area contributed by atoms with E-state index in [1.54, 1.807) is 0 Å². The highest BCUT2D eigenvalue weighted by molar-refractivity contribution is 5.61. The van der Waals surface area contributed by atoms with E-state index in [2.05, 4.69) is 84.0 Å². The van der Waals surface area contributed by atoms with Crippen LogP contribution >= 0.6 is 0 Å². The van der Waals surface area contributed by atoms with Crippen LogP contribution in [0.2, 0.25) is 0 Å². The van der Waals surface area contributed by atoms with Crippen molar-refractivity contribution in [2.45, 2.75) is 141 Å². The Morgan fingerprint density at radius 3 is 2.04 bits per heavy atom. The van der Waals surface area contributed by atoms with Gasteiger partial charge >= 0.3 is 6.18 Å². The second kappa shape index (κ2) is 29.5. The summed E-state index contributed by atoms with van der Waals surface area (Å²) in [5.41, 5.74) is 2.74. The van der Waals surface area contributed by atoms with Gasteiger partial charge in [-0.1, -0.05) is 133 Å². The number of piperazine rings is 1. The number of aromatic nitrogens is 2. The second-order valence-electron chi connectivity index (χ2n) is 14.3. The van der Waals surface area contributed by atoms with E-state index in [1.165, 1.54) is 51.6 Å². The summed E-state index contributed by atoms with van der Waals surface area (Å²) < 4.78 is 40.9. The van der Waals surface area contributed by atoms with Crippen molar-refractivity contribution in [1.29, 1.82) is 0 Å². The summed E-state index contributed by atoms with van der Waals surface area (Å²) in [5.74, 6) is 0.861. The topological polar surface area (TPSA) is 68.3 Å². The van der Waals surface area contributed by atoms with Crippen LogP contribution in [0.15, 0.2) is 36.7 Å². The number of aryl methyl sites for hydroxylation is 2. The normalized spacial score (nSPS) is 12.7. The molecule has 53 heavy (non-hydrogen) atoms. The minimum atomic E-state index is -4.56. The van der Waals surface area contributed by atoms with Gasteiger partial charge in [0.1, 0.15) is 11.4 Å². The monoisotopic (exact) mass is 752 g/mol. The summed E-state index contributed by atoms with van der Waals surface area (Å²) in [6.07, 6.45) is 5.12. The number of nitrogens with one attached hydrogen (secondary N) is 3. The highest BCUT2D eigenvalue weighted by Crippen LogP contribution is 2.35. The number of anilines is 3. The lowest BCUT2D eigenvalue weighted by Crippen LogP contribution is -2.46. The number of hydrogen-bond acceptors (Lipinski definition) is 7. The smallest absolute Gasteiger partial charge is 0.372 e. The van der Waals surface area contributed by atoms with Crippen LogP contribution in [0.1, 0.15) is 138 Å². The van der Waals surface area contributed by atoms with Crippen molar-refractivity contribution in [3.63, 3.8) is 0 Å². The molecule has 0 spiro atoms. The lowest BCUT2D eigenvalue weighted by Gasteiger charge is -2.38. The van der Waals surface area contributed by atoms with Gasteiger partial charge in [-0.3, -0.25) is 0 Å². The van der Waals surface area contributed by atoms with Crippen molar-refractivity contribution >= 4 is 17.5 Å². The van der Waals surface area contributed by atoms with Crippen molar-refractivity contribution in [1.82, 2.24) is 25.1 Å². The largest absolute Gasteiger partial charge is 0.421 e. The summed E-state index contributed by atoms with van der Waals surface area (Å²) in [7, 11) is 2.17. The van der Waals surface area contributed by atoms with Crippen molar-refractivity contribution in [2.24, 2.45) is 11.3 Å². The highest BCUT2D eigenvalue weighted by Gasteiger charge is 2.36. The van der Waals surface area contributed by atoms with Gasteiger partial charge in [-0.05, 0) is 69.3 Å². The SMILES string of the molecule is C=C1CNCCN1CC(C)(C)CNc1nc(Nc2ccc(C)cc2CC)ncc1C(F)(F)F.CC.CC.CCCC(C)CCC.CCCN(C)CCC. The van der Waals surface area contributed by atoms with Crippen molar-refractivity contribution in [3.8, 4) is 0 Å². The molecule has 3 rings (SSSR count). The molecule has 0 bridgehead atoms. The molecule has 0 atom stereocenters. The molecule has 0 radical (unpaired) electrons. The Labute approximate surface area is 324 Å². The molecule has 1 aromatic carbocycles. The lowest BCUT2D eigenvalue weighted by molar-refractivity contribution is -0.137. The van der Waals surface area contributed by atoms with Gasteiger partial charge in [-0.2, -0.15) is 18.2 Å². The molecule has 2 aromatic rings. The third-order valence-electron chi connectivity index (χ3n) is 8.44. The van der Waals surface area contributed by atoms with E-state index in [1.807, 2.05) is 73.6 Å². The molecule has 7 nitrogen and oxygen atoms in total. The van der Waals surface area contributed by atoms with Gasteiger partial charge in [0.2, 0.25) is 5.95 Å². The number of hydrogen-bond donors (Lipinski definition) is 3. The predicted octanol–water partition coefficient (Wildman–Crippen LogP) is 12.0. The fraction of sp³-hybridized carbons (Fsp3) is 0.721. The summed E-state index contributed by atoms with van der Waals surface area (Å²) in [4.78, 5) is 12.7. The van der Waals surface area contributed by atoms with Crippen LogP contribution in [-0.2, 0) is 12.6 Å². The maximum absolute atomic E-state index is 13.6. The van der Waals surface area contributed by atoms with E-state index < -0.39 is 11.7 Å². The molecule has 1 fully saturated rings. The number of nitrogens with zero attached hydrogens (tertiary/aromatic N) is 4. The Morgan fingerprint density at radius 2 is 1.55 bits per heavy atom. The van der Waals surface area contributed by atoms with E-state index in [0.29, 0.717) is 13.1 Å². The van der Waals surface area contributed by atoms with E-state index >= 15 is 0 Å². The Hall–Kier alpha value is -2.85.